The van der Waals surface area contributed by atoms with E-state index in [4.69, 9.17) is 5.11 Å². The Balaban J connectivity index is 0.000000371. The van der Waals surface area contributed by atoms with Crippen molar-refractivity contribution in [3.8, 4) is 0 Å². The van der Waals surface area contributed by atoms with E-state index in [0.29, 0.717) is 0 Å². The molecule has 0 aliphatic carbocycles. The molecule has 0 saturated heterocycles. The maximum atomic E-state index is 8.25. The predicted molar refractivity (Wildman–Crippen MR) is 36.1 cm³/mol. The topological polar surface area (TPSA) is 23.1 Å². The first-order valence-electron chi connectivity index (χ1n) is 3.17. The first kappa shape index (κ1) is 10.1. The molecule has 10 heavy (non-hydrogen) atoms. The van der Waals surface area contributed by atoms with Gasteiger partial charge in [-0.3, -0.25) is 0 Å². The van der Waals surface area contributed by atoms with Crippen LogP contribution in [-0.2, 0) is 29.7 Å². The molecule has 0 aliphatic heterocycles. The Morgan fingerprint density at radius 3 is 2.00 bits per heavy atom. The minimum absolute atomic E-state index is 0.750. The standard InChI is InChI=1S/C7H7.CH3O.Cd/c1-7-5-3-2-4-6-7;1-2;/h2-6H,1H2;1H3;/q;-1;+1. The first-order valence-corrected chi connectivity index (χ1v) is 6.03. The number of hydrogen-bond acceptors (Lipinski definition) is 1. The van der Waals surface area contributed by atoms with Crippen LogP contribution >= 0.6 is 0 Å². The van der Waals surface area contributed by atoms with Crippen molar-refractivity contribution in [3.05, 3.63) is 35.9 Å². The summed E-state index contributed by atoms with van der Waals surface area (Å²) in [6.45, 7) is 0. The molecule has 0 spiro atoms. The van der Waals surface area contributed by atoms with Crippen molar-refractivity contribution in [2.24, 2.45) is 0 Å². The molecule has 0 fully saturated rings. The molecule has 1 rings (SSSR count). The van der Waals surface area contributed by atoms with Crippen LogP contribution in [0.2, 0.25) is 0 Å². The zero-order valence-corrected chi connectivity index (χ0v) is 10.2. The van der Waals surface area contributed by atoms with E-state index in [9.17, 15) is 0 Å². The molecule has 0 unspecified atom stereocenters. The second-order valence-corrected chi connectivity index (χ2v) is 3.16. The van der Waals surface area contributed by atoms with Crippen molar-refractivity contribution in [2.75, 3.05) is 7.11 Å². The fourth-order valence-electron chi connectivity index (χ4n) is 0.645. The Morgan fingerprint density at radius 2 is 1.70 bits per heavy atom. The van der Waals surface area contributed by atoms with Crippen LogP contribution in [0.3, 0.4) is 0 Å². The molecule has 0 heterocycles. The fourth-order valence-corrected chi connectivity index (χ4v) is 1.60. The van der Waals surface area contributed by atoms with Crippen molar-refractivity contribution >= 4 is 0 Å². The van der Waals surface area contributed by atoms with E-state index in [1.165, 1.54) is 9.54 Å². The van der Waals surface area contributed by atoms with Crippen LogP contribution in [-0.4, -0.2) is 7.11 Å². The summed E-state index contributed by atoms with van der Waals surface area (Å²) in [5.74, 6) is 0. The van der Waals surface area contributed by atoms with Crippen molar-refractivity contribution in [1.29, 1.82) is 0 Å². The summed E-state index contributed by atoms with van der Waals surface area (Å²) < 4.78 is 1.31. The Labute approximate surface area is 77.8 Å². The molecule has 50 valence electrons. The van der Waals surface area contributed by atoms with E-state index in [0.717, 1.165) is 32.9 Å². The zero-order chi connectivity index (χ0) is 7.82. The molecule has 1 aromatic carbocycles. The Morgan fingerprint density at radius 1 is 1.20 bits per heavy atom. The van der Waals surface area contributed by atoms with Gasteiger partial charge in [0.1, 0.15) is 0 Å². The molecular formula is C8H10CdO. The number of hydrogen-bond donors (Lipinski definition) is 0. The van der Waals surface area contributed by atoms with Gasteiger partial charge in [-0.05, 0) is 0 Å². The first-order chi connectivity index (χ1) is 4.93. The Bertz CT molecular complexity index is 151. The normalized spacial score (nSPS) is 8.00. The molecule has 0 N–H and O–H groups in total. The molecule has 2 heteroatoms. The Hall–Kier alpha value is 0.102. The SMILES string of the molecule is C[O-].[Cd+][CH2]c1ccccc1. The van der Waals surface area contributed by atoms with Crippen LogP contribution in [0.25, 0.3) is 0 Å². The fraction of sp³-hybridized carbons (Fsp3) is 0.250. The van der Waals surface area contributed by atoms with E-state index < -0.39 is 0 Å². The van der Waals surface area contributed by atoms with Crippen molar-refractivity contribution in [2.45, 2.75) is 3.98 Å². The summed E-state index contributed by atoms with van der Waals surface area (Å²) in [4.78, 5) is 0. The predicted octanol–water partition coefficient (Wildman–Crippen LogP) is 0.710. The van der Waals surface area contributed by atoms with E-state index >= 15 is 0 Å². The second kappa shape index (κ2) is 7.21. The van der Waals surface area contributed by atoms with Gasteiger partial charge in [0, 0.05) is 0 Å². The van der Waals surface area contributed by atoms with E-state index in [2.05, 4.69) is 30.3 Å². The van der Waals surface area contributed by atoms with Gasteiger partial charge in [-0.15, -0.1) is 0 Å². The number of rotatable bonds is 1. The minimum atomic E-state index is 0.750. The molecule has 0 bridgehead atoms. The molecule has 1 aromatic rings. The van der Waals surface area contributed by atoms with Gasteiger partial charge in [0.15, 0.2) is 0 Å². The average Bonchev–Trinajstić information content (AvgIpc) is 2.10. The van der Waals surface area contributed by atoms with Crippen molar-refractivity contribution in [3.63, 3.8) is 0 Å². The van der Waals surface area contributed by atoms with Gasteiger partial charge in [0.05, 0.1) is 0 Å². The molecule has 0 saturated carbocycles. The molecular weight excluding hydrogens is 224 g/mol. The van der Waals surface area contributed by atoms with Gasteiger partial charge in [0.2, 0.25) is 0 Å². The molecule has 0 atom stereocenters. The maximum absolute atomic E-state index is 8.25. The zero-order valence-electron chi connectivity index (χ0n) is 6.21. The van der Waals surface area contributed by atoms with E-state index in [1.54, 1.807) is 0 Å². The van der Waals surface area contributed by atoms with Crippen LogP contribution in [0.5, 0.6) is 0 Å². The van der Waals surface area contributed by atoms with Gasteiger partial charge in [-0.25, -0.2) is 0 Å². The summed E-state index contributed by atoms with van der Waals surface area (Å²) in [6.07, 6.45) is 0. The van der Waals surface area contributed by atoms with Crippen molar-refractivity contribution < 1.29 is 30.9 Å². The van der Waals surface area contributed by atoms with Gasteiger partial charge < -0.3 is 5.11 Å². The molecule has 0 aromatic heterocycles. The molecule has 0 radical (unpaired) electrons. The summed E-state index contributed by atoms with van der Waals surface area (Å²) >= 11 is 1.08. The van der Waals surface area contributed by atoms with Crippen LogP contribution < -0.4 is 5.11 Å². The van der Waals surface area contributed by atoms with E-state index in [1.807, 2.05) is 0 Å². The van der Waals surface area contributed by atoms with Crippen molar-refractivity contribution in [1.82, 2.24) is 0 Å². The third-order valence-corrected chi connectivity index (χ3v) is 2.78. The van der Waals surface area contributed by atoms with Gasteiger partial charge >= 0.3 is 65.6 Å². The molecule has 0 amide bonds. The summed E-state index contributed by atoms with van der Waals surface area (Å²) in [6, 6.07) is 10.6. The monoisotopic (exact) mass is 236 g/mol. The summed E-state index contributed by atoms with van der Waals surface area (Å²) in [5.41, 5.74) is 1.49. The van der Waals surface area contributed by atoms with Crippen LogP contribution in [0.4, 0.5) is 0 Å². The van der Waals surface area contributed by atoms with Crippen LogP contribution in [0.15, 0.2) is 30.3 Å². The average molecular weight is 235 g/mol. The second-order valence-electron chi connectivity index (χ2n) is 1.74. The van der Waals surface area contributed by atoms with Crippen LogP contribution in [0, 0.1) is 0 Å². The third kappa shape index (κ3) is 4.00. The van der Waals surface area contributed by atoms with Crippen LogP contribution in [0.1, 0.15) is 5.56 Å². The number of benzene rings is 1. The van der Waals surface area contributed by atoms with Gasteiger partial charge in [-0.1, -0.05) is 0 Å². The quantitative estimate of drug-likeness (QED) is 0.657. The van der Waals surface area contributed by atoms with E-state index in [-0.39, 0.29) is 0 Å². The molecule has 1 nitrogen and oxygen atoms in total. The third-order valence-electron chi connectivity index (χ3n) is 1.13. The van der Waals surface area contributed by atoms with Gasteiger partial charge in [-0.2, -0.15) is 7.11 Å². The van der Waals surface area contributed by atoms with Gasteiger partial charge in [0.25, 0.3) is 0 Å². The summed E-state index contributed by atoms with van der Waals surface area (Å²) in [5, 5.41) is 8.25. The summed E-state index contributed by atoms with van der Waals surface area (Å²) in [7, 11) is 0.750. The Kier molecular flexibility index (Phi) is 7.29. The molecule has 0 aliphatic rings.